The van der Waals surface area contributed by atoms with E-state index >= 15 is 0 Å². The highest BCUT2D eigenvalue weighted by Crippen LogP contribution is 2.32. The fraction of sp³-hybridized carbons (Fsp3) is 0.259. The average Bonchev–Trinajstić information content (AvgIpc) is 2.79. The predicted molar refractivity (Wildman–Crippen MR) is 148 cm³/mol. The monoisotopic (exact) mass is 461 g/mol. The maximum atomic E-state index is 4.54. The van der Waals surface area contributed by atoms with Crippen molar-refractivity contribution in [1.82, 2.24) is 14.9 Å². The highest BCUT2D eigenvalue weighted by Gasteiger charge is 2.06. The molecule has 0 aliphatic carbocycles. The highest BCUT2D eigenvalue weighted by molar-refractivity contribution is 8.11. The van der Waals surface area contributed by atoms with E-state index in [0.29, 0.717) is 0 Å². The third-order valence-electron chi connectivity index (χ3n) is 4.59. The Labute approximate surface area is 202 Å². The molecule has 2 N–H and O–H groups in total. The summed E-state index contributed by atoms with van der Waals surface area (Å²) in [5, 5.41) is 8.82. The minimum Gasteiger partial charge on any atom is -0.369 e. The summed E-state index contributed by atoms with van der Waals surface area (Å²) in [5.74, 6) is 1.57. The summed E-state index contributed by atoms with van der Waals surface area (Å²) in [6, 6.07) is 12.2. The van der Waals surface area contributed by atoms with Crippen LogP contribution in [0.25, 0.3) is 21.4 Å². The average molecular weight is 462 g/mol. The number of nitrogens with one attached hydrogen (secondary N) is 2. The molecule has 0 spiro atoms. The molecule has 0 aliphatic rings. The van der Waals surface area contributed by atoms with Crippen molar-refractivity contribution in [3.8, 4) is 0 Å². The molecule has 1 aromatic carbocycles. The molecule has 0 radical (unpaired) electrons. The Morgan fingerprint density at radius 3 is 2.39 bits per heavy atom. The smallest absolute Gasteiger partial charge is 0.130 e. The number of benzene rings is 1. The van der Waals surface area contributed by atoms with Crippen LogP contribution in [0.2, 0.25) is 0 Å². The number of hydrogen-bond acceptors (Lipinski definition) is 6. The molecule has 174 valence electrons. The quantitative estimate of drug-likeness (QED) is 0.341. The van der Waals surface area contributed by atoms with E-state index in [0.717, 1.165) is 62.1 Å². The molecule has 0 saturated carbocycles. The van der Waals surface area contributed by atoms with E-state index in [-0.39, 0.29) is 0 Å². The second-order valence-corrected chi connectivity index (χ2v) is 9.02. The van der Waals surface area contributed by atoms with Crippen molar-refractivity contribution in [1.29, 1.82) is 0 Å². The van der Waals surface area contributed by atoms with Gasteiger partial charge in [-0.25, -0.2) is 9.97 Å². The number of nitrogens with zero attached hydrogens (tertiary/aromatic N) is 3. The number of likely N-dealkylation sites (N-methyl/N-ethyl adjacent to an activating group) is 1. The first-order chi connectivity index (χ1) is 15.8. The van der Waals surface area contributed by atoms with Crippen LogP contribution < -0.4 is 10.6 Å². The summed E-state index contributed by atoms with van der Waals surface area (Å²) >= 11 is 1.59. The lowest BCUT2D eigenvalue weighted by molar-refractivity contribution is 0.425. The van der Waals surface area contributed by atoms with Crippen LogP contribution in [0.4, 0.5) is 11.6 Å². The highest BCUT2D eigenvalue weighted by atomic mass is 32.2. The first-order valence-electron chi connectivity index (χ1n) is 11.1. The van der Waals surface area contributed by atoms with Gasteiger partial charge in [-0.2, -0.15) is 0 Å². The van der Waals surface area contributed by atoms with Gasteiger partial charge in [0.05, 0.1) is 0 Å². The van der Waals surface area contributed by atoms with E-state index in [9.17, 15) is 0 Å². The van der Waals surface area contributed by atoms with Crippen molar-refractivity contribution in [2.45, 2.75) is 20.8 Å². The SMILES string of the molecule is C=C(C)SC(=C)c1ccc2cnc(NC(=C)c3ccnc(NCCN(C)C)c3)cc2c1.CC. The van der Waals surface area contributed by atoms with Gasteiger partial charge in [-0.15, -0.1) is 0 Å². The Bertz CT molecular complexity index is 1120. The molecule has 3 aromatic rings. The zero-order valence-corrected chi connectivity index (χ0v) is 21.2. The van der Waals surface area contributed by atoms with Crippen LogP contribution in [0.15, 0.2) is 73.4 Å². The van der Waals surface area contributed by atoms with E-state index in [1.54, 1.807) is 18.0 Å². The maximum Gasteiger partial charge on any atom is 0.130 e. The van der Waals surface area contributed by atoms with E-state index in [2.05, 4.69) is 63.4 Å². The minimum absolute atomic E-state index is 0.742. The normalized spacial score (nSPS) is 10.4. The summed E-state index contributed by atoms with van der Waals surface area (Å²) < 4.78 is 0. The molecule has 3 rings (SSSR count). The molecule has 0 fully saturated rings. The predicted octanol–water partition coefficient (Wildman–Crippen LogP) is 6.95. The van der Waals surface area contributed by atoms with Crippen LogP contribution in [0.3, 0.4) is 0 Å². The number of allylic oxidation sites excluding steroid dienone is 1. The molecule has 0 aliphatic heterocycles. The van der Waals surface area contributed by atoms with Gasteiger partial charge in [-0.3, -0.25) is 0 Å². The number of aromatic nitrogens is 2. The van der Waals surface area contributed by atoms with Gasteiger partial charge >= 0.3 is 0 Å². The van der Waals surface area contributed by atoms with Crippen molar-refractivity contribution in [3.63, 3.8) is 0 Å². The number of rotatable bonds is 10. The Kier molecular flexibility index (Phi) is 10.2. The van der Waals surface area contributed by atoms with Gasteiger partial charge in [-0.1, -0.05) is 57.5 Å². The zero-order chi connectivity index (χ0) is 24.4. The third kappa shape index (κ3) is 8.08. The number of fused-ring (bicyclic) bond motifs is 1. The largest absolute Gasteiger partial charge is 0.369 e. The molecule has 33 heavy (non-hydrogen) atoms. The van der Waals surface area contributed by atoms with Gasteiger partial charge < -0.3 is 15.5 Å². The van der Waals surface area contributed by atoms with Gasteiger partial charge in [0.1, 0.15) is 11.6 Å². The zero-order valence-electron chi connectivity index (χ0n) is 20.4. The van der Waals surface area contributed by atoms with Gasteiger partial charge in [0.25, 0.3) is 0 Å². The number of hydrogen-bond donors (Lipinski definition) is 2. The fourth-order valence-electron chi connectivity index (χ4n) is 3.00. The first-order valence-corrected chi connectivity index (χ1v) is 11.9. The number of thioether (sulfide) groups is 1. The number of pyridine rings is 2. The Morgan fingerprint density at radius 1 is 0.939 bits per heavy atom. The Balaban J connectivity index is 0.00000187. The minimum atomic E-state index is 0.742. The molecule has 2 aromatic heterocycles. The molecule has 2 heterocycles. The van der Waals surface area contributed by atoms with E-state index in [1.807, 2.05) is 59.3 Å². The molecular weight excluding hydrogens is 426 g/mol. The summed E-state index contributed by atoms with van der Waals surface area (Å²) in [6.07, 6.45) is 3.65. The molecule has 0 bridgehead atoms. The van der Waals surface area contributed by atoms with E-state index < -0.39 is 0 Å². The third-order valence-corrected chi connectivity index (χ3v) is 5.42. The van der Waals surface area contributed by atoms with Crippen LogP contribution >= 0.6 is 11.8 Å². The Hall–Kier alpha value is -3.09. The summed E-state index contributed by atoms with van der Waals surface area (Å²) in [6.45, 7) is 20.0. The van der Waals surface area contributed by atoms with Crippen LogP contribution in [0.1, 0.15) is 31.9 Å². The van der Waals surface area contributed by atoms with Crippen LogP contribution in [-0.2, 0) is 0 Å². The molecular formula is C27H35N5S. The number of anilines is 2. The second kappa shape index (κ2) is 12.8. The lowest BCUT2D eigenvalue weighted by Gasteiger charge is -2.13. The first kappa shape index (κ1) is 26.2. The summed E-state index contributed by atoms with van der Waals surface area (Å²) in [7, 11) is 4.10. The van der Waals surface area contributed by atoms with Gasteiger partial charge in [0, 0.05) is 47.0 Å². The summed E-state index contributed by atoms with van der Waals surface area (Å²) in [4.78, 5) is 13.0. The molecule has 0 amide bonds. The van der Waals surface area contributed by atoms with Gasteiger partial charge in [0.2, 0.25) is 0 Å². The Morgan fingerprint density at radius 2 is 1.70 bits per heavy atom. The molecule has 5 nitrogen and oxygen atoms in total. The van der Waals surface area contributed by atoms with Crippen molar-refractivity contribution >= 4 is 44.8 Å². The van der Waals surface area contributed by atoms with Crippen LogP contribution in [0, 0.1) is 0 Å². The van der Waals surface area contributed by atoms with E-state index in [4.69, 9.17) is 0 Å². The second-order valence-electron chi connectivity index (χ2n) is 7.62. The van der Waals surface area contributed by atoms with Crippen molar-refractivity contribution in [3.05, 3.63) is 84.6 Å². The van der Waals surface area contributed by atoms with Gasteiger partial charge in [0.15, 0.2) is 0 Å². The lowest BCUT2D eigenvalue weighted by atomic mass is 10.1. The van der Waals surface area contributed by atoms with Crippen molar-refractivity contribution in [2.75, 3.05) is 37.8 Å². The van der Waals surface area contributed by atoms with Crippen molar-refractivity contribution < 1.29 is 0 Å². The van der Waals surface area contributed by atoms with Crippen molar-refractivity contribution in [2.24, 2.45) is 0 Å². The maximum absolute atomic E-state index is 4.54. The lowest BCUT2D eigenvalue weighted by Crippen LogP contribution is -2.21. The molecule has 0 unspecified atom stereocenters. The van der Waals surface area contributed by atoms with Crippen LogP contribution in [-0.4, -0.2) is 42.1 Å². The standard InChI is InChI=1S/C25H29N5S.C2H6/c1-17(2)31-19(4)21-7-8-22-16-28-25(15-23(22)13-21)29-18(3)20-9-10-26-24(14-20)27-11-12-30(5)6;1-2/h7-10,13-16H,1,3-4,11-12H2,2,5-6H3,(H,26,27)(H,28,29);1-2H3. The fourth-order valence-corrected chi connectivity index (χ4v) is 3.67. The van der Waals surface area contributed by atoms with Crippen LogP contribution in [0.5, 0.6) is 0 Å². The molecule has 0 saturated heterocycles. The van der Waals surface area contributed by atoms with E-state index in [1.165, 1.54) is 0 Å². The topological polar surface area (TPSA) is 53.1 Å². The molecule has 0 atom stereocenters. The summed E-state index contributed by atoms with van der Waals surface area (Å²) in [5.41, 5.74) is 2.81. The van der Waals surface area contributed by atoms with Gasteiger partial charge in [-0.05, 0) is 61.1 Å². The molecule has 6 heteroatoms.